The van der Waals surface area contributed by atoms with Gasteiger partial charge in [-0.3, -0.25) is 9.59 Å². The molecule has 2 heterocycles. The second-order valence-electron chi connectivity index (χ2n) is 8.14. The first kappa shape index (κ1) is 21.7. The van der Waals surface area contributed by atoms with Crippen molar-refractivity contribution >= 4 is 11.8 Å². The minimum Gasteiger partial charge on any atom is -0.341 e. The second-order valence-corrected chi connectivity index (χ2v) is 8.14. The highest BCUT2D eigenvalue weighted by molar-refractivity contribution is 5.95. The quantitative estimate of drug-likeness (QED) is 0.587. The molecule has 7 nitrogen and oxygen atoms in total. The number of amides is 2. The van der Waals surface area contributed by atoms with Gasteiger partial charge in [0.2, 0.25) is 0 Å². The van der Waals surface area contributed by atoms with Crippen molar-refractivity contribution in [2.24, 2.45) is 0 Å². The topological polar surface area (TPSA) is 79.5 Å². The SMILES string of the molecule is CN(CCc1noc(-c2ccc(C(=O)N3CCCCCC3)cc2)n1)C(=O)c1ccccc1. The van der Waals surface area contributed by atoms with Crippen molar-refractivity contribution in [3.63, 3.8) is 0 Å². The van der Waals surface area contributed by atoms with Gasteiger partial charge in [0, 0.05) is 49.8 Å². The van der Waals surface area contributed by atoms with Crippen molar-refractivity contribution in [1.82, 2.24) is 19.9 Å². The Balaban J connectivity index is 1.35. The van der Waals surface area contributed by atoms with Gasteiger partial charge in [-0.15, -0.1) is 0 Å². The molecule has 2 aromatic carbocycles. The van der Waals surface area contributed by atoms with E-state index in [4.69, 9.17) is 4.52 Å². The third kappa shape index (κ3) is 5.22. The maximum atomic E-state index is 12.8. The van der Waals surface area contributed by atoms with Crippen LogP contribution in [0.4, 0.5) is 0 Å². The molecule has 32 heavy (non-hydrogen) atoms. The molecule has 7 heteroatoms. The standard InChI is InChI=1S/C25H28N4O3/c1-28(24(30)20-9-5-4-6-10-20)18-15-22-26-23(32-27-22)19-11-13-21(14-12-19)25(31)29-16-7-2-3-8-17-29/h4-6,9-14H,2-3,7-8,15-18H2,1H3. The first-order valence-corrected chi connectivity index (χ1v) is 11.1. The van der Waals surface area contributed by atoms with E-state index in [-0.39, 0.29) is 11.8 Å². The average Bonchev–Trinajstić information content (AvgIpc) is 3.15. The van der Waals surface area contributed by atoms with Crippen LogP contribution in [0.5, 0.6) is 0 Å². The molecule has 1 aliphatic heterocycles. The predicted octanol–water partition coefficient (Wildman–Crippen LogP) is 4.07. The Morgan fingerprint density at radius 1 is 0.938 bits per heavy atom. The number of hydrogen-bond donors (Lipinski definition) is 0. The molecule has 0 saturated carbocycles. The Bertz CT molecular complexity index is 1040. The Hall–Kier alpha value is -3.48. The largest absolute Gasteiger partial charge is 0.341 e. The highest BCUT2D eigenvalue weighted by Crippen LogP contribution is 2.20. The van der Waals surface area contributed by atoms with E-state index < -0.39 is 0 Å². The molecule has 0 spiro atoms. The summed E-state index contributed by atoms with van der Waals surface area (Å²) in [6, 6.07) is 16.5. The Morgan fingerprint density at radius 3 is 2.31 bits per heavy atom. The molecule has 3 aromatic rings. The monoisotopic (exact) mass is 432 g/mol. The lowest BCUT2D eigenvalue weighted by Gasteiger charge is -2.20. The van der Waals surface area contributed by atoms with Crippen molar-refractivity contribution in [1.29, 1.82) is 0 Å². The number of aromatic nitrogens is 2. The summed E-state index contributed by atoms with van der Waals surface area (Å²) in [7, 11) is 1.76. The molecule has 0 atom stereocenters. The van der Waals surface area contributed by atoms with Crippen LogP contribution >= 0.6 is 0 Å². The zero-order valence-corrected chi connectivity index (χ0v) is 18.4. The van der Waals surface area contributed by atoms with Gasteiger partial charge >= 0.3 is 0 Å². The number of carbonyl (C=O) groups is 2. The lowest BCUT2D eigenvalue weighted by Crippen LogP contribution is -2.31. The van der Waals surface area contributed by atoms with Crippen molar-refractivity contribution in [2.75, 3.05) is 26.7 Å². The molecule has 1 aliphatic rings. The third-order valence-electron chi connectivity index (χ3n) is 5.78. The van der Waals surface area contributed by atoms with E-state index in [0.29, 0.717) is 35.8 Å². The van der Waals surface area contributed by atoms with Gasteiger partial charge in [0.05, 0.1) is 0 Å². The summed E-state index contributed by atoms with van der Waals surface area (Å²) in [4.78, 5) is 33.2. The van der Waals surface area contributed by atoms with Crippen molar-refractivity contribution in [3.05, 3.63) is 71.5 Å². The van der Waals surface area contributed by atoms with Gasteiger partial charge in [0.15, 0.2) is 5.82 Å². The van der Waals surface area contributed by atoms with E-state index in [1.54, 1.807) is 24.1 Å². The molecule has 1 fully saturated rings. The summed E-state index contributed by atoms with van der Waals surface area (Å²) in [5.74, 6) is 0.984. The van der Waals surface area contributed by atoms with Crippen LogP contribution in [-0.2, 0) is 6.42 Å². The van der Waals surface area contributed by atoms with Crippen LogP contribution in [-0.4, -0.2) is 58.4 Å². The lowest BCUT2D eigenvalue weighted by molar-refractivity contribution is 0.0760. The third-order valence-corrected chi connectivity index (χ3v) is 5.78. The number of likely N-dealkylation sites (N-methyl/N-ethyl adjacent to an activating group) is 1. The van der Waals surface area contributed by atoms with Crippen LogP contribution in [0.3, 0.4) is 0 Å². The van der Waals surface area contributed by atoms with Gasteiger partial charge in [0.25, 0.3) is 17.7 Å². The highest BCUT2D eigenvalue weighted by Gasteiger charge is 2.18. The molecule has 0 aliphatic carbocycles. The molecule has 0 unspecified atom stereocenters. The fourth-order valence-electron chi connectivity index (χ4n) is 3.85. The number of carbonyl (C=O) groups excluding carboxylic acids is 2. The molecule has 0 radical (unpaired) electrons. The van der Waals surface area contributed by atoms with Crippen LogP contribution in [0.2, 0.25) is 0 Å². The van der Waals surface area contributed by atoms with E-state index in [0.717, 1.165) is 31.5 Å². The van der Waals surface area contributed by atoms with Gasteiger partial charge < -0.3 is 14.3 Å². The smallest absolute Gasteiger partial charge is 0.257 e. The van der Waals surface area contributed by atoms with Gasteiger partial charge in [-0.25, -0.2) is 0 Å². The van der Waals surface area contributed by atoms with E-state index >= 15 is 0 Å². The zero-order chi connectivity index (χ0) is 22.3. The molecule has 0 N–H and O–H groups in total. The van der Waals surface area contributed by atoms with E-state index in [1.807, 2.05) is 47.4 Å². The number of nitrogens with zero attached hydrogens (tertiary/aromatic N) is 4. The molecular weight excluding hydrogens is 404 g/mol. The minimum absolute atomic E-state index is 0.0426. The summed E-state index contributed by atoms with van der Waals surface area (Å²) in [5.41, 5.74) is 2.10. The fourth-order valence-corrected chi connectivity index (χ4v) is 3.85. The van der Waals surface area contributed by atoms with Crippen molar-refractivity contribution < 1.29 is 14.1 Å². The molecule has 1 aromatic heterocycles. The average molecular weight is 433 g/mol. The van der Waals surface area contributed by atoms with E-state index in [2.05, 4.69) is 10.1 Å². The second kappa shape index (κ2) is 10.2. The fraction of sp³-hybridized carbons (Fsp3) is 0.360. The number of hydrogen-bond acceptors (Lipinski definition) is 5. The van der Waals surface area contributed by atoms with Gasteiger partial charge in [-0.05, 0) is 49.2 Å². The minimum atomic E-state index is -0.0426. The lowest BCUT2D eigenvalue weighted by atomic mass is 10.1. The van der Waals surface area contributed by atoms with Crippen LogP contribution in [0, 0.1) is 0 Å². The first-order chi connectivity index (χ1) is 15.6. The van der Waals surface area contributed by atoms with Crippen molar-refractivity contribution in [3.8, 4) is 11.5 Å². The molecule has 166 valence electrons. The molecular formula is C25H28N4O3. The van der Waals surface area contributed by atoms with Crippen LogP contribution in [0.15, 0.2) is 59.1 Å². The Labute approximate surface area is 188 Å². The summed E-state index contributed by atoms with van der Waals surface area (Å²) < 4.78 is 5.40. The van der Waals surface area contributed by atoms with Gasteiger partial charge in [-0.2, -0.15) is 4.98 Å². The predicted molar refractivity (Wildman–Crippen MR) is 121 cm³/mol. The van der Waals surface area contributed by atoms with Crippen LogP contribution in [0.1, 0.15) is 52.2 Å². The van der Waals surface area contributed by atoms with E-state index in [9.17, 15) is 9.59 Å². The highest BCUT2D eigenvalue weighted by atomic mass is 16.5. The van der Waals surface area contributed by atoms with Gasteiger partial charge in [-0.1, -0.05) is 36.2 Å². The maximum absolute atomic E-state index is 12.8. The Morgan fingerprint density at radius 2 is 1.62 bits per heavy atom. The summed E-state index contributed by atoms with van der Waals surface area (Å²) in [6.45, 7) is 2.14. The van der Waals surface area contributed by atoms with Gasteiger partial charge in [0.1, 0.15) is 0 Å². The Kier molecular flexibility index (Phi) is 6.94. The number of likely N-dealkylation sites (tertiary alicyclic amines) is 1. The maximum Gasteiger partial charge on any atom is 0.257 e. The molecule has 0 bridgehead atoms. The van der Waals surface area contributed by atoms with E-state index in [1.165, 1.54) is 12.8 Å². The normalized spacial score (nSPS) is 14.1. The summed E-state index contributed by atoms with van der Waals surface area (Å²) in [6.07, 6.45) is 5.02. The van der Waals surface area contributed by atoms with Crippen LogP contribution < -0.4 is 0 Å². The molecule has 2 amide bonds. The zero-order valence-electron chi connectivity index (χ0n) is 18.4. The first-order valence-electron chi connectivity index (χ1n) is 11.1. The van der Waals surface area contributed by atoms with Crippen LogP contribution in [0.25, 0.3) is 11.5 Å². The van der Waals surface area contributed by atoms with Crippen molar-refractivity contribution in [2.45, 2.75) is 32.1 Å². The summed E-state index contributed by atoms with van der Waals surface area (Å²) in [5, 5.41) is 4.04. The number of rotatable bonds is 6. The number of benzene rings is 2. The molecule has 4 rings (SSSR count). The summed E-state index contributed by atoms with van der Waals surface area (Å²) >= 11 is 0. The molecule has 1 saturated heterocycles.